The molecule has 0 aliphatic rings. The van der Waals surface area contributed by atoms with Crippen molar-refractivity contribution in [3.05, 3.63) is 59.7 Å². The summed E-state index contributed by atoms with van der Waals surface area (Å²) in [5.74, 6) is -0.146. The number of carbonyl (C=O) groups is 1. The van der Waals surface area contributed by atoms with Crippen LogP contribution in [0.2, 0.25) is 0 Å². The van der Waals surface area contributed by atoms with Gasteiger partial charge >= 0.3 is 5.97 Å². The zero-order valence-electron chi connectivity index (χ0n) is 11.3. The van der Waals surface area contributed by atoms with Gasteiger partial charge in [0.25, 0.3) is 0 Å². The van der Waals surface area contributed by atoms with Crippen molar-refractivity contribution in [2.24, 2.45) is 0 Å². The van der Waals surface area contributed by atoms with E-state index in [4.69, 9.17) is 4.74 Å². The van der Waals surface area contributed by atoms with Crippen molar-refractivity contribution >= 4 is 5.97 Å². The van der Waals surface area contributed by atoms with Gasteiger partial charge < -0.3 is 14.9 Å². The van der Waals surface area contributed by atoms with E-state index in [9.17, 15) is 15.0 Å². The molecule has 20 heavy (non-hydrogen) atoms. The lowest BCUT2D eigenvalue weighted by Gasteiger charge is -2.28. The zero-order valence-corrected chi connectivity index (χ0v) is 11.3. The summed E-state index contributed by atoms with van der Waals surface area (Å²) >= 11 is 0. The standard InChI is InChI=1S/C16H16O4/c1-16(15(19)20-2,11-3-7-13(17)8-4-11)12-5-9-14(18)10-6-12/h3-10,17-18H,1-2H3. The summed E-state index contributed by atoms with van der Waals surface area (Å²) in [5, 5.41) is 18.8. The number of benzene rings is 2. The highest BCUT2D eigenvalue weighted by Gasteiger charge is 2.38. The van der Waals surface area contributed by atoms with Gasteiger partial charge in [0.1, 0.15) is 16.9 Å². The van der Waals surface area contributed by atoms with Crippen LogP contribution in [0.25, 0.3) is 0 Å². The first kappa shape index (κ1) is 13.9. The minimum Gasteiger partial charge on any atom is -0.508 e. The van der Waals surface area contributed by atoms with Crippen LogP contribution >= 0.6 is 0 Å². The molecule has 0 fully saturated rings. The summed E-state index contributed by atoms with van der Waals surface area (Å²) in [5.41, 5.74) is 0.400. The van der Waals surface area contributed by atoms with Crippen LogP contribution in [-0.4, -0.2) is 23.3 Å². The van der Waals surface area contributed by atoms with E-state index in [0.717, 1.165) is 0 Å². The number of phenolic OH excluding ortho intramolecular Hbond substituents is 2. The second-order valence-electron chi connectivity index (χ2n) is 4.71. The molecule has 4 nitrogen and oxygen atoms in total. The number of aromatic hydroxyl groups is 2. The van der Waals surface area contributed by atoms with E-state index >= 15 is 0 Å². The second kappa shape index (κ2) is 5.25. The molecule has 0 unspecified atom stereocenters. The zero-order chi connectivity index (χ0) is 14.8. The number of carbonyl (C=O) groups excluding carboxylic acids is 1. The Morgan fingerprint density at radius 3 is 1.55 bits per heavy atom. The van der Waals surface area contributed by atoms with Crippen LogP contribution in [0.15, 0.2) is 48.5 Å². The molecule has 0 spiro atoms. The van der Waals surface area contributed by atoms with Crippen LogP contribution in [0.1, 0.15) is 18.1 Å². The predicted octanol–water partition coefficient (Wildman–Crippen LogP) is 2.58. The summed E-state index contributed by atoms with van der Waals surface area (Å²) in [7, 11) is 1.33. The Labute approximate surface area is 117 Å². The van der Waals surface area contributed by atoms with Gasteiger partial charge in [-0.25, -0.2) is 0 Å². The molecule has 0 aliphatic carbocycles. The first-order chi connectivity index (χ1) is 9.48. The maximum Gasteiger partial charge on any atom is 0.320 e. The van der Waals surface area contributed by atoms with E-state index < -0.39 is 11.4 Å². The fraction of sp³-hybridized carbons (Fsp3) is 0.188. The minimum atomic E-state index is -1.00. The van der Waals surface area contributed by atoms with Crippen LogP contribution in [0, 0.1) is 0 Å². The van der Waals surface area contributed by atoms with E-state index in [0.29, 0.717) is 11.1 Å². The van der Waals surface area contributed by atoms with E-state index in [1.54, 1.807) is 31.2 Å². The monoisotopic (exact) mass is 272 g/mol. The van der Waals surface area contributed by atoms with Gasteiger partial charge in [-0.1, -0.05) is 24.3 Å². The smallest absolute Gasteiger partial charge is 0.320 e. The SMILES string of the molecule is COC(=O)C(C)(c1ccc(O)cc1)c1ccc(O)cc1. The van der Waals surface area contributed by atoms with Crippen LogP contribution in [0.3, 0.4) is 0 Å². The molecule has 2 N–H and O–H groups in total. The van der Waals surface area contributed by atoms with Gasteiger partial charge in [-0.2, -0.15) is 0 Å². The van der Waals surface area contributed by atoms with Gasteiger partial charge in [-0.3, -0.25) is 4.79 Å². The van der Waals surface area contributed by atoms with E-state index in [-0.39, 0.29) is 11.5 Å². The number of esters is 1. The summed E-state index contributed by atoms with van der Waals surface area (Å²) in [4.78, 5) is 12.3. The third-order valence-corrected chi connectivity index (χ3v) is 3.48. The molecule has 0 bridgehead atoms. The van der Waals surface area contributed by atoms with Gasteiger partial charge in [0, 0.05) is 0 Å². The number of methoxy groups -OCH3 is 1. The van der Waals surface area contributed by atoms with Crippen LogP contribution in [-0.2, 0) is 14.9 Å². The Kier molecular flexibility index (Phi) is 3.66. The highest BCUT2D eigenvalue weighted by Crippen LogP contribution is 2.34. The van der Waals surface area contributed by atoms with E-state index in [1.807, 2.05) is 0 Å². The summed E-state index contributed by atoms with van der Waals surface area (Å²) in [6.45, 7) is 1.75. The average Bonchev–Trinajstić information content (AvgIpc) is 2.47. The normalized spacial score (nSPS) is 11.1. The number of hydrogen-bond acceptors (Lipinski definition) is 4. The highest BCUT2D eigenvalue weighted by molar-refractivity contribution is 5.87. The quantitative estimate of drug-likeness (QED) is 0.843. The number of phenols is 2. The van der Waals surface area contributed by atoms with Gasteiger partial charge in [0.2, 0.25) is 0 Å². The van der Waals surface area contributed by atoms with Gasteiger partial charge in [-0.05, 0) is 42.3 Å². The molecule has 0 saturated heterocycles. The summed E-state index contributed by atoms with van der Waals surface area (Å²) < 4.78 is 4.92. The fourth-order valence-corrected chi connectivity index (χ4v) is 2.20. The van der Waals surface area contributed by atoms with Crippen LogP contribution in [0.4, 0.5) is 0 Å². The first-order valence-electron chi connectivity index (χ1n) is 6.16. The van der Waals surface area contributed by atoms with Crippen LogP contribution < -0.4 is 0 Å². The molecule has 0 atom stereocenters. The van der Waals surface area contributed by atoms with Crippen molar-refractivity contribution in [2.45, 2.75) is 12.3 Å². The van der Waals surface area contributed by atoms with Gasteiger partial charge in [-0.15, -0.1) is 0 Å². The van der Waals surface area contributed by atoms with Gasteiger partial charge in [0.05, 0.1) is 7.11 Å². The summed E-state index contributed by atoms with van der Waals surface area (Å²) in [6, 6.07) is 12.8. The highest BCUT2D eigenvalue weighted by atomic mass is 16.5. The van der Waals surface area contributed by atoms with Crippen molar-refractivity contribution in [1.29, 1.82) is 0 Å². The van der Waals surface area contributed by atoms with Crippen molar-refractivity contribution < 1.29 is 19.7 Å². The van der Waals surface area contributed by atoms with Crippen molar-refractivity contribution in [2.75, 3.05) is 7.11 Å². The lowest BCUT2D eigenvalue weighted by molar-refractivity contribution is -0.145. The molecular formula is C16H16O4. The predicted molar refractivity (Wildman–Crippen MR) is 74.7 cm³/mol. The lowest BCUT2D eigenvalue weighted by atomic mass is 9.76. The van der Waals surface area contributed by atoms with Crippen molar-refractivity contribution in [3.63, 3.8) is 0 Å². The Hall–Kier alpha value is -2.49. The van der Waals surface area contributed by atoms with Crippen molar-refractivity contribution in [3.8, 4) is 11.5 Å². The molecule has 4 heteroatoms. The molecule has 2 aromatic rings. The summed E-state index contributed by atoms with van der Waals surface area (Å²) in [6.07, 6.45) is 0. The maximum absolute atomic E-state index is 12.3. The third-order valence-electron chi connectivity index (χ3n) is 3.48. The third kappa shape index (κ3) is 2.32. The Balaban J connectivity index is 2.58. The number of ether oxygens (including phenoxy) is 1. The molecule has 0 radical (unpaired) electrons. The second-order valence-corrected chi connectivity index (χ2v) is 4.71. The lowest BCUT2D eigenvalue weighted by Crippen LogP contribution is -2.34. The molecule has 0 amide bonds. The molecule has 2 aromatic carbocycles. The van der Waals surface area contributed by atoms with E-state index in [2.05, 4.69) is 0 Å². The Morgan fingerprint density at radius 2 is 1.25 bits per heavy atom. The molecule has 0 aliphatic heterocycles. The molecule has 0 aromatic heterocycles. The first-order valence-corrected chi connectivity index (χ1v) is 6.16. The maximum atomic E-state index is 12.3. The minimum absolute atomic E-state index is 0.131. The number of rotatable bonds is 3. The fourth-order valence-electron chi connectivity index (χ4n) is 2.20. The van der Waals surface area contributed by atoms with Crippen molar-refractivity contribution in [1.82, 2.24) is 0 Å². The van der Waals surface area contributed by atoms with Gasteiger partial charge in [0.15, 0.2) is 0 Å². The number of hydrogen-bond donors (Lipinski definition) is 2. The Morgan fingerprint density at radius 1 is 0.900 bits per heavy atom. The molecule has 0 saturated carbocycles. The average molecular weight is 272 g/mol. The van der Waals surface area contributed by atoms with E-state index in [1.165, 1.54) is 31.4 Å². The molecule has 104 valence electrons. The van der Waals surface area contributed by atoms with Crippen LogP contribution in [0.5, 0.6) is 11.5 Å². The topological polar surface area (TPSA) is 66.8 Å². The molecular weight excluding hydrogens is 256 g/mol. The largest absolute Gasteiger partial charge is 0.508 e. The molecule has 2 rings (SSSR count). The molecule has 0 heterocycles. The Bertz CT molecular complexity index is 554.